The smallest absolute Gasteiger partial charge is 0.255 e. The molecule has 0 saturated carbocycles. The maximum Gasteiger partial charge on any atom is 0.255 e. The summed E-state index contributed by atoms with van der Waals surface area (Å²) in [4.78, 5) is 21.3. The van der Waals surface area contributed by atoms with E-state index in [-0.39, 0.29) is 11.7 Å². The van der Waals surface area contributed by atoms with Crippen molar-refractivity contribution in [2.45, 2.75) is 20.4 Å². The molecule has 1 aromatic heterocycles. The number of aryl methyl sites for hydroxylation is 1. The van der Waals surface area contributed by atoms with Crippen molar-refractivity contribution in [3.8, 4) is 0 Å². The van der Waals surface area contributed by atoms with E-state index in [4.69, 9.17) is 4.74 Å². The maximum atomic E-state index is 13.4. The van der Waals surface area contributed by atoms with Crippen LogP contribution in [0.1, 0.15) is 28.4 Å². The Bertz CT molecular complexity index is 775. The fourth-order valence-corrected chi connectivity index (χ4v) is 3.08. The highest BCUT2D eigenvalue weighted by atomic mass is 19.1. The number of ether oxygens (including phenoxy) is 1. The van der Waals surface area contributed by atoms with Crippen LogP contribution in [0.2, 0.25) is 0 Å². The van der Waals surface area contributed by atoms with Gasteiger partial charge in [0.2, 0.25) is 0 Å². The SMILES string of the molecule is CCN(Cc1cccc(F)c1)C(=O)c1cnc(N2CCOCC2)cc1C. The standard InChI is InChI=1S/C20H24FN3O2/c1-3-23(14-16-5-4-6-17(21)12-16)20(25)18-13-22-19(11-15(18)2)24-7-9-26-10-8-24/h4-6,11-13H,3,7-10,14H2,1-2H3. The zero-order chi connectivity index (χ0) is 18.5. The summed E-state index contributed by atoms with van der Waals surface area (Å²) < 4.78 is 18.8. The van der Waals surface area contributed by atoms with E-state index in [1.54, 1.807) is 17.2 Å². The van der Waals surface area contributed by atoms with Crippen LogP contribution in [0.3, 0.4) is 0 Å². The zero-order valence-corrected chi connectivity index (χ0v) is 15.2. The first-order chi connectivity index (χ1) is 12.6. The number of hydrogen-bond donors (Lipinski definition) is 0. The fourth-order valence-electron chi connectivity index (χ4n) is 3.08. The van der Waals surface area contributed by atoms with Crippen LogP contribution in [0.25, 0.3) is 0 Å². The first-order valence-corrected chi connectivity index (χ1v) is 8.91. The molecule has 0 radical (unpaired) electrons. The lowest BCUT2D eigenvalue weighted by Gasteiger charge is -2.28. The van der Waals surface area contributed by atoms with E-state index in [1.807, 2.05) is 26.0 Å². The van der Waals surface area contributed by atoms with Crippen molar-refractivity contribution in [3.63, 3.8) is 0 Å². The minimum Gasteiger partial charge on any atom is -0.378 e. The number of rotatable bonds is 5. The number of amides is 1. The van der Waals surface area contributed by atoms with Gasteiger partial charge in [-0.2, -0.15) is 0 Å². The van der Waals surface area contributed by atoms with Crippen LogP contribution < -0.4 is 4.90 Å². The van der Waals surface area contributed by atoms with Gasteiger partial charge in [0, 0.05) is 32.4 Å². The van der Waals surface area contributed by atoms with Gasteiger partial charge in [0.1, 0.15) is 11.6 Å². The molecule has 26 heavy (non-hydrogen) atoms. The molecule has 1 saturated heterocycles. The molecule has 1 amide bonds. The third kappa shape index (κ3) is 4.19. The number of carbonyl (C=O) groups excluding carboxylic acids is 1. The highest BCUT2D eigenvalue weighted by Gasteiger charge is 2.19. The molecule has 1 aliphatic rings. The monoisotopic (exact) mass is 357 g/mol. The van der Waals surface area contributed by atoms with E-state index in [0.717, 1.165) is 30.0 Å². The second-order valence-electron chi connectivity index (χ2n) is 6.41. The maximum absolute atomic E-state index is 13.4. The number of hydrogen-bond acceptors (Lipinski definition) is 4. The summed E-state index contributed by atoms with van der Waals surface area (Å²) in [6.07, 6.45) is 1.65. The molecule has 0 N–H and O–H groups in total. The molecular formula is C20H24FN3O2. The van der Waals surface area contributed by atoms with E-state index in [1.165, 1.54) is 12.1 Å². The summed E-state index contributed by atoms with van der Waals surface area (Å²) >= 11 is 0. The van der Waals surface area contributed by atoms with Crippen LogP contribution in [0.5, 0.6) is 0 Å². The molecule has 1 aliphatic heterocycles. The number of nitrogens with zero attached hydrogens (tertiary/aromatic N) is 3. The third-order valence-electron chi connectivity index (χ3n) is 4.59. The number of anilines is 1. The van der Waals surface area contributed by atoms with Gasteiger partial charge in [0.05, 0.1) is 18.8 Å². The first kappa shape index (κ1) is 18.3. The number of benzene rings is 1. The quantitative estimate of drug-likeness (QED) is 0.825. The van der Waals surface area contributed by atoms with Crippen LogP contribution in [0, 0.1) is 12.7 Å². The van der Waals surface area contributed by atoms with Gasteiger partial charge in [-0.05, 0) is 43.2 Å². The Hall–Kier alpha value is -2.47. The minimum absolute atomic E-state index is 0.0877. The molecule has 0 atom stereocenters. The first-order valence-electron chi connectivity index (χ1n) is 8.91. The average molecular weight is 357 g/mol. The molecule has 2 aromatic rings. The second-order valence-corrected chi connectivity index (χ2v) is 6.41. The Morgan fingerprint density at radius 3 is 2.73 bits per heavy atom. The number of aromatic nitrogens is 1. The predicted molar refractivity (Wildman–Crippen MR) is 98.8 cm³/mol. The Labute approximate surface area is 153 Å². The summed E-state index contributed by atoms with van der Waals surface area (Å²) in [5.41, 5.74) is 2.25. The van der Waals surface area contributed by atoms with Crippen LogP contribution >= 0.6 is 0 Å². The van der Waals surface area contributed by atoms with E-state index < -0.39 is 0 Å². The molecule has 0 bridgehead atoms. The van der Waals surface area contributed by atoms with Gasteiger partial charge in [-0.3, -0.25) is 4.79 Å². The molecule has 0 spiro atoms. The lowest BCUT2D eigenvalue weighted by atomic mass is 10.1. The summed E-state index contributed by atoms with van der Waals surface area (Å²) in [5.74, 6) is 0.490. The van der Waals surface area contributed by atoms with E-state index in [9.17, 15) is 9.18 Å². The predicted octanol–water partition coefficient (Wildman–Crippen LogP) is 3.03. The highest BCUT2D eigenvalue weighted by molar-refractivity contribution is 5.95. The molecule has 0 aliphatic carbocycles. The van der Waals surface area contributed by atoms with Gasteiger partial charge in [-0.25, -0.2) is 9.37 Å². The van der Waals surface area contributed by atoms with Gasteiger partial charge in [0.25, 0.3) is 5.91 Å². The highest BCUT2D eigenvalue weighted by Crippen LogP contribution is 2.19. The summed E-state index contributed by atoms with van der Waals surface area (Å²) in [7, 11) is 0. The van der Waals surface area contributed by atoms with Crippen LogP contribution in [0.4, 0.5) is 10.2 Å². The van der Waals surface area contributed by atoms with Crippen molar-refractivity contribution in [2.75, 3.05) is 37.7 Å². The van der Waals surface area contributed by atoms with Gasteiger partial charge in [-0.15, -0.1) is 0 Å². The van der Waals surface area contributed by atoms with E-state index in [0.29, 0.717) is 31.9 Å². The van der Waals surface area contributed by atoms with Crippen LogP contribution in [-0.2, 0) is 11.3 Å². The normalized spacial score (nSPS) is 14.3. The largest absolute Gasteiger partial charge is 0.378 e. The summed E-state index contributed by atoms with van der Waals surface area (Å²) in [6.45, 7) is 7.76. The molecule has 138 valence electrons. The number of pyridine rings is 1. The molecule has 6 heteroatoms. The molecule has 3 rings (SSSR count). The summed E-state index contributed by atoms with van der Waals surface area (Å²) in [6, 6.07) is 8.30. The van der Waals surface area contributed by atoms with Crippen molar-refractivity contribution < 1.29 is 13.9 Å². The van der Waals surface area contributed by atoms with E-state index >= 15 is 0 Å². The lowest BCUT2D eigenvalue weighted by Crippen LogP contribution is -2.37. The average Bonchev–Trinajstić information content (AvgIpc) is 2.66. The summed E-state index contributed by atoms with van der Waals surface area (Å²) in [5, 5.41) is 0. The van der Waals surface area contributed by atoms with Crippen molar-refractivity contribution in [3.05, 3.63) is 59.0 Å². The van der Waals surface area contributed by atoms with Gasteiger partial charge < -0.3 is 14.5 Å². The van der Waals surface area contributed by atoms with Crippen molar-refractivity contribution in [2.24, 2.45) is 0 Å². The Morgan fingerprint density at radius 1 is 1.31 bits per heavy atom. The molecule has 1 fully saturated rings. The van der Waals surface area contributed by atoms with Gasteiger partial charge in [0.15, 0.2) is 0 Å². The van der Waals surface area contributed by atoms with Crippen LogP contribution in [0.15, 0.2) is 36.5 Å². The molecule has 1 aromatic carbocycles. The molecule has 5 nitrogen and oxygen atoms in total. The Kier molecular flexibility index (Phi) is 5.83. The number of morpholine rings is 1. The fraction of sp³-hybridized carbons (Fsp3) is 0.400. The molecule has 2 heterocycles. The van der Waals surface area contributed by atoms with Crippen LogP contribution in [-0.4, -0.2) is 48.6 Å². The number of halogens is 1. The van der Waals surface area contributed by atoms with Gasteiger partial charge >= 0.3 is 0 Å². The Balaban J connectivity index is 1.76. The van der Waals surface area contributed by atoms with Crippen molar-refractivity contribution >= 4 is 11.7 Å². The topological polar surface area (TPSA) is 45.7 Å². The van der Waals surface area contributed by atoms with Gasteiger partial charge in [-0.1, -0.05) is 12.1 Å². The minimum atomic E-state index is -0.293. The lowest BCUT2D eigenvalue weighted by molar-refractivity contribution is 0.0751. The number of carbonyl (C=O) groups is 1. The Morgan fingerprint density at radius 2 is 2.08 bits per heavy atom. The second kappa shape index (κ2) is 8.27. The molecule has 0 unspecified atom stereocenters. The zero-order valence-electron chi connectivity index (χ0n) is 15.2. The van der Waals surface area contributed by atoms with Crippen molar-refractivity contribution in [1.82, 2.24) is 9.88 Å². The van der Waals surface area contributed by atoms with E-state index in [2.05, 4.69) is 9.88 Å². The molecular weight excluding hydrogens is 333 g/mol. The van der Waals surface area contributed by atoms with Crippen molar-refractivity contribution in [1.29, 1.82) is 0 Å². The third-order valence-corrected chi connectivity index (χ3v) is 4.59.